The number of nitrogens with zero attached hydrogens (tertiary/aromatic N) is 1. The van der Waals surface area contributed by atoms with Crippen molar-refractivity contribution >= 4 is 5.84 Å². The molecule has 0 atom stereocenters. The summed E-state index contributed by atoms with van der Waals surface area (Å²) in [5, 5.41) is 7.53. The van der Waals surface area contributed by atoms with Crippen molar-refractivity contribution in [2.75, 3.05) is 26.8 Å². The second kappa shape index (κ2) is 4.34. The smallest absolute Gasteiger partial charge is 0.0958 e. The number of methoxy groups -OCH3 is 1. The van der Waals surface area contributed by atoms with Crippen molar-refractivity contribution in [3.8, 4) is 0 Å². The van der Waals surface area contributed by atoms with Crippen LogP contribution in [0.4, 0.5) is 0 Å². The summed E-state index contributed by atoms with van der Waals surface area (Å²) >= 11 is 0. The monoisotopic (exact) mass is 156 g/mol. The maximum absolute atomic E-state index is 7.53. The lowest BCUT2D eigenvalue weighted by Crippen LogP contribution is -2.25. The van der Waals surface area contributed by atoms with Crippen LogP contribution in [0.15, 0.2) is 0 Å². The average molecular weight is 156 g/mol. The molecule has 0 spiro atoms. The molecule has 0 aromatic rings. The summed E-state index contributed by atoms with van der Waals surface area (Å²) in [5.74, 6) is 0.807. The first-order valence-electron chi connectivity index (χ1n) is 4.16. The highest BCUT2D eigenvalue weighted by molar-refractivity contribution is 5.80. The van der Waals surface area contributed by atoms with Gasteiger partial charge in [-0.25, -0.2) is 0 Å². The molecule has 1 saturated heterocycles. The van der Waals surface area contributed by atoms with E-state index in [1.807, 2.05) is 0 Å². The zero-order valence-electron chi connectivity index (χ0n) is 7.10. The van der Waals surface area contributed by atoms with Gasteiger partial charge < -0.3 is 9.64 Å². The Morgan fingerprint density at radius 1 is 1.64 bits per heavy atom. The molecule has 1 heterocycles. The molecule has 1 aliphatic heterocycles. The minimum Gasteiger partial charge on any atom is -0.385 e. The van der Waals surface area contributed by atoms with E-state index in [1.54, 1.807) is 7.11 Å². The fourth-order valence-electron chi connectivity index (χ4n) is 1.38. The predicted octanol–water partition coefficient (Wildman–Crippen LogP) is 1.10. The van der Waals surface area contributed by atoms with E-state index in [1.165, 1.54) is 0 Å². The Labute approximate surface area is 67.8 Å². The van der Waals surface area contributed by atoms with Gasteiger partial charge >= 0.3 is 0 Å². The summed E-state index contributed by atoms with van der Waals surface area (Å²) in [6.07, 6.45) is 3.16. The Balaban J connectivity index is 2.10. The van der Waals surface area contributed by atoms with Crippen LogP contribution in [-0.4, -0.2) is 37.5 Å². The van der Waals surface area contributed by atoms with Crippen LogP contribution in [0.5, 0.6) is 0 Å². The normalized spacial score (nSPS) is 17.9. The first-order valence-corrected chi connectivity index (χ1v) is 4.16. The van der Waals surface area contributed by atoms with Crippen LogP contribution in [0, 0.1) is 5.41 Å². The van der Waals surface area contributed by atoms with Gasteiger partial charge in [-0.3, -0.25) is 5.41 Å². The largest absolute Gasteiger partial charge is 0.385 e. The fraction of sp³-hybridized carbons (Fsp3) is 0.875. The Kier molecular flexibility index (Phi) is 3.36. The van der Waals surface area contributed by atoms with Crippen LogP contribution in [0.1, 0.15) is 19.3 Å². The SMILES string of the molecule is COCCCN1CCCC1=N. The summed E-state index contributed by atoms with van der Waals surface area (Å²) in [6, 6.07) is 0. The number of hydrogen-bond acceptors (Lipinski definition) is 2. The van der Waals surface area contributed by atoms with Crippen LogP contribution in [0.3, 0.4) is 0 Å². The van der Waals surface area contributed by atoms with Gasteiger partial charge in [-0.1, -0.05) is 0 Å². The summed E-state index contributed by atoms with van der Waals surface area (Å²) in [4.78, 5) is 2.14. The van der Waals surface area contributed by atoms with Gasteiger partial charge in [-0.15, -0.1) is 0 Å². The molecule has 0 saturated carbocycles. The summed E-state index contributed by atoms with van der Waals surface area (Å²) in [5.41, 5.74) is 0. The number of amidine groups is 1. The zero-order valence-corrected chi connectivity index (χ0v) is 7.10. The van der Waals surface area contributed by atoms with Crippen molar-refractivity contribution in [1.82, 2.24) is 4.90 Å². The molecule has 3 nitrogen and oxygen atoms in total. The van der Waals surface area contributed by atoms with Crippen LogP contribution in [0.25, 0.3) is 0 Å². The van der Waals surface area contributed by atoms with Crippen LogP contribution >= 0.6 is 0 Å². The minimum absolute atomic E-state index is 0.807. The summed E-state index contributed by atoms with van der Waals surface area (Å²) < 4.78 is 4.94. The molecular weight excluding hydrogens is 140 g/mol. The van der Waals surface area contributed by atoms with Crippen LogP contribution in [0.2, 0.25) is 0 Å². The second-order valence-electron chi connectivity index (χ2n) is 2.88. The molecule has 0 bridgehead atoms. The topological polar surface area (TPSA) is 36.3 Å². The molecule has 1 fully saturated rings. The van der Waals surface area contributed by atoms with Crippen LogP contribution in [-0.2, 0) is 4.74 Å². The Morgan fingerprint density at radius 3 is 3.00 bits per heavy atom. The zero-order chi connectivity index (χ0) is 8.10. The Bertz CT molecular complexity index is 136. The minimum atomic E-state index is 0.807. The first-order chi connectivity index (χ1) is 5.34. The Hall–Kier alpha value is -0.570. The van der Waals surface area contributed by atoms with Gasteiger partial charge in [0.15, 0.2) is 0 Å². The maximum atomic E-state index is 7.53. The number of ether oxygens (including phenoxy) is 1. The van der Waals surface area contributed by atoms with E-state index in [9.17, 15) is 0 Å². The third kappa shape index (κ3) is 2.50. The van der Waals surface area contributed by atoms with Crippen molar-refractivity contribution in [2.24, 2.45) is 0 Å². The summed E-state index contributed by atoms with van der Waals surface area (Å²) in [7, 11) is 1.72. The molecule has 3 heteroatoms. The number of rotatable bonds is 4. The molecule has 1 rings (SSSR count). The molecule has 1 aliphatic rings. The van der Waals surface area contributed by atoms with Gasteiger partial charge in [0.2, 0.25) is 0 Å². The number of likely N-dealkylation sites (tertiary alicyclic amines) is 1. The first kappa shape index (κ1) is 8.53. The fourth-order valence-corrected chi connectivity index (χ4v) is 1.38. The van der Waals surface area contributed by atoms with E-state index in [4.69, 9.17) is 10.1 Å². The van der Waals surface area contributed by atoms with Crippen molar-refractivity contribution in [2.45, 2.75) is 19.3 Å². The number of hydrogen-bond donors (Lipinski definition) is 1. The molecule has 64 valence electrons. The van der Waals surface area contributed by atoms with E-state index >= 15 is 0 Å². The Morgan fingerprint density at radius 2 is 2.45 bits per heavy atom. The van der Waals surface area contributed by atoms with E-state index in [-0.39, 0.29) is 0 Å². The van der Waals surface area contributed by atoms with E-state index < -0.39 is 0 Å². The molecule has 0 unspecified atom stereocenters. The molecule has 0 aromatic heterocycles. The highest BCUT2D eigenvalue weighted by atomic mass is 16.5. The summed E-state index contributed by atoms with van der Waals surface area (Å²) in [6.45, 7) is 2.87. The molecule has 0 aliphatic carbocycles. The van der Waals surface area contributed by atoms with Gasteiger partial charge in [0.1, 0.15) is 0 Å². The molecule has 0 aromatic carbocycles. The quantitative estimate of drug-likeness (QED) is 0.619. The molecule has 0 radical (unpaired) electrons. The average Bonchev–Trinajstić information content (AvgIpc) is 2.37. The lowest BCUT2D eigenvalue weighted by molar-refractivity contribution is 0.187. The standard InChI is InChI=1S/C8H16N2O/c1-11-7-3-6-10-5-2-4-8(10)9/h9H,2-7H2,1H3. The second-order valence-corrected chi connectivity index (χ2v) is 2.88. The lowest BCUT2D eigenvalue weighted by Gasteiger charge is -2.16. The highest BCUT2D eigenvalue weighted by Gasteiger charge is 2.15. The van der Waals surface area contributed by atoms with E-state index in [0.717, 1.165) is 44.8 Å². The van der Waals surface area contributed by atoms with Crippen molar-refractivity contribution in [3.05, 3.63) is 0 Å². The molecule has 0 amide bonds. The van der Waals surface area contributed by atoms with E-state index in [2.05, 4.69) is 4.90 Å². The van der Waals surface area contributed by atoms with E-state index in [0.29, 0.717) is 0 Å². The lowest BCUT2D eigenvalue weighted by atomic mass is 10.4. The van der Waals surface area contributed by atoms with Gasteiger partial charge in [-0.05, 0) is 12.8 Å². The molecular formula is C8H16N2O. The van der Waals surface area contributed by atoms with Crippen LogP contribution < -0.4 is 0 Å². The third-order valence-corrected chi connectivity index (χ3v) is 2.00. The number of nitrogens with one attached hydrogen (secondary N) is 1. The van der Waals surface area contributed by atoms with Gasteiger partial charge in [0.05, 0.1) is 5.84 Å². The highest BCUT2D eigenvalue weighted by Crippen LogP contribution is 2.09. The van der Waals surface area contributed by atoms with Crippen molar-refractivity contribution in [1.29, 1.82) is 5.41 Å². The van der Waals surface area contributed by atoms with Gasteiger partial charge in [0, 0.05) is 33.2 Å². The van der Waals surface area contributed by atoms with Gasteiger partial charge in [-0.2, -0.15) is 0 Å². The van der Waals surface area contributed by atoms with Gasteiger partial charge in [0.25, 0.3) is 0 Å². The predicted molar refractivity (Wildman–Crippen MR) is 45.0 cm³/mol. The molecule has 11 heavy (non-hydrogen) atoms. The third-order valence-electron chi connectivity index (χ3n) is 2.00. The maximum Gasteiger partial charge on any atom is 0.0958 e. The van der Waals surface area contributed by atoms with Crippen molar-refractivity contribution < 1.29 is 4.74 Å². The molecule has 1 N–H and O–H groups in total. The van der Waals surface area contributed by atoms with Crippen molar-refractivity contribution in [3.63, 3.8) is 0 Å².